The highest BCUT2D eigenvalue weighted by molar-refractivity contribution is 5.32. The van der Waals surface area contributed by atoms with Gasteiger partial charge in [0, 0.05) is 12.6 Å². The SMILES string of the molecule is CNC(CCCO)c1cc(C)ccc1C. The Balaban J connectivity index is 2.85. The Morgan fingerprint density at radius 3 is 2.67 bits per heavy atom. The zero-order valence-corrected chi connectivity index (χ0v) is 9.88. The van der Waals surface area contributed by atoms with E-state index in [4.69, 9.17) is 5.11 Å². The first-order chi connectivity index (χ1) is 7.19. The second-order valence-corrected chi connectivity index (χ2v) is 4.07. The molecule has 0 fully saturated rings. The van der Waals surface area contributed by atoms with Gasteiger partial charge in [-0.1, -0.05) is 23.8 Å². The number of aliphatic hydroxyl groups is 1. The van der Waals surface area contributed by atoms with Crippen molar-refractivity contribution in [3.8, 4) is 0 Å². The molecule has 1 unspecified atom stereocenters. The van der Waals surface area contributed by atoms with Crippen LogP contribution < -0.4 is 5.32 Å². The van der Waals surface area contributed by atoms with E-state index >= 15 is 0 Å². The first-order valence-electron chi connectivity index (χ1n) is 5.54. The van der Waals surface area contributed by atoms with Crippen molar-refractivity contribution in [1.82, 2.24) is 5.32 Å². The summed E-state index contributed by atoms with van der Waals surface area (Å²) in [5.74, 6) is 0. The first kappa shape index (κ1) is 12.2. The summed E-state index contributed by atoms with van der Waals surface area (Å²) in [4.78, 5) is 0. The number of hydrogen-bond donors (Lipinski definition) is 2. The molecule has 0 aromatic heterocycles. The molecule has 2 nitrogen and oxygen atoms in total. The van der Waals surface area contributed by atoms with Crippen LogP contribution in [0, 0.1) is 13.8 Å². The van der Waals surface area contributed by atoms with Crippen LogP contribution >= 0.6 is 0 Å². The van der Waals surface area contributed by atoms with Gasteiger partial charge in [-0.3, -0.25) is 0 Å². The molecule has 0 saturated carbocycles. The van der Waals surface area contributed by atoms with Crippen molar-refractivity contribution >= 4 is 0 Å². The molecule has 1 rings (SSSR count). The van der Waals surface area contributed by atoms with Gasteiger partial charge in [-0.2, -0.15) is 0 Å². The van der Waals surface area contributed by atoms with E-state index in [-0.39, 0.29) is 6.61 Å². The molecule has 1 aromatic rings. The van der Waals surface area contributed by atoms with Crippen LogP contribution in [0.2, 0.25) is 0 Å². The normalized spacial score (nSPS) is 12.8. The molecule has 0 heterocycles. The van der Waals surface area contributed by atoms with Crippen molar-refractivity contribution in [3.63, 3.8) is 0 Å². The number of nitrogens with one attached hydrogen (secondary N) is 1. The smallest absolute Gasteiger partial charge is 0.0431 e. The molecule has 0 saturated heterocycles. The third-order valence-electron chi connectivity index (χ3n) is 2.81. The summed E-state index contributed by atoms with van der Waals surface area (Å²) in [6.07, 6.45) is 1.83. The van der Waals surface area contributed by atoms with E-state index in [1.165, 1.54) is 16.7 Å². The summed E-state index contributed by atoms with van der Waals surface area (Å²) in [6, 6.07) is 6.89. The summed E-state index contributed by atoms with van der Waals surface area (Å²) in [5.41, 5.74) is 3.96. The molecule has 1 aromatic carbocycles. The van der Waals surface area contributed by atoms with E-state index in [1.807, 2.05) is 7.05 Å². The average molecular weight is 207 g/mol. The fraction of sp³-hybridized carbons (Fsp3) is 0.538. The van der Waals surface area contributed by atoms with Gasteiger partial charge in [0.05, 0.1) is 0 Å². The lowest BCUT2D eigenvalue weighted by Gasteiger charge is -2.19. The van der Waals surface area contributed by atoms with E-state index in [1.54, 1.807) is 0 Å². The third kappa shape index (κ3) is 3.33. The molecule has 84 valence electrons. The van der Waals surface area contributed by atoms with E-state index in [0.717, 1.165) is 12.8 Å². The lowest BCUT2D eigenvalue weighted by molar-refractivity contribution is 0.276. The molecule has 2 N–H and O–H groups in total. The Kier molecular flexibility index (Phi) is 4.79. The van der Waals surface area contributed by atoms with Crippen LogP contribution in [-0.2, 0) is 0 Å². The largest absolute Gasteiger partial charge is 0.396 e. The Bertz CT molecular complexity index is 309. The first-order valence-corrected chi connectivity index (χ1v) is 5.54. The number of benzene rings is 1. The summed E-state index contributed by atoms with van der Waals surface area (Å²) in [6.45, 7) is 4.52. The Morgan fingerprint density at radius 1 is 1.33 bits per heavy atom. The number of aliphatic hydroxyl groups excluding tert-OH is 1. The Labute approximate surface area is 92.3 Å². The topological polar surface area (TPSA) is 32.3 Å². The highest BCUT2D eigenvalue weighted by atomic mass is 16.2. The van der Waals surface area contributed by atoms with E-state index in [0.29, 0.717) is 6.04 Å². The predicted octanol–water partition coefficient (Wildman–Crippen LogP) is 2.34. The Hall–Kier alpha value is -0.860. The van der Waals surface area contributed by atoms with Crippen LogP contribution in [0.25, 0.3) is 0 Å². The molecule has 0 spiro atoms. The molecule has 0 amide bonds. The number of rotatable bonds is 5. The standard InChI is InChI=1S/C13H21NO/c1-10-6-7-11(2)12(9-10)13(14-3)5-4-8-15/h6-7,9,13-15H,4-5,8H2,1-3H3. The van der Waals surface area contributed by atoms with Crippen LogP contribution in [0.1, 0.15) is 35.6 Å². The summed E-state index contributed by atoms with van der Waals surface area (Å²) in [5, 5.41) is 12.2. The molecular formula is C13H21NO. The molecular weight excluding hydrogens is 186 g/mol. The van der Waals surface area contributed by atoms with Gasteiger partial charge < -0.3 is 10.4 Å². The fourth-order valence-corrected chi connectivity index (χ4v) is 1.89. The van der Waals surface area contributed by atoms with Gasteiger partial charge in [-0.15, -0.1) is 0 Å². The molecule has 0 aliphatic carbocycles. The minimum absolute atomic E-state index is 0.267. The quantitative estimate of drug-likeness (QED) is 0.776. The molecule has 0 radical (unpaired) electrons. The third-order valence-corrected chi connectivity index (χ3v) is 2.81. The summed E-state index contributed by atoms with van der Waals surface area (Å²) in [7, 11) is 1.98. The van der Waals surface area contributed by atoms with Crippen molar-refractivity contribution in [2.24, 2.45) is 0 Å². The predicted molar refractivity (Wildman–Crippen MR) is 64.0 cm³/mol. The molecule has 1 atom stereocenters. The van der Waals surface area contributed by atoms with Crippen molar-refractivity contribution in [3.05, 3.63) is 34.9 Å². The van der Waals surface area contributed by atoms with Gasteiger partial charge in [0.15, 0.2) is 0 Å². The van der Waals surface area contributed by atoms with E-state index in [9.17, 15) is 0 Å². The second kappa shape index (κ2) is 5.89. The maximum atomic E-state index is 8.85. The van der Waals surface area contributed by atoms with Crippen LogP contribution in [0.15, 0.2) is 18.2 Å². The van der Waals surface area contributed by atoms with E-state index in [2.05, 4.69) is 37.4 Å². The number of hydrogen-bond acceptors (Lipinski definition) is 2. The monoisotopic (exact) mass is 207 g/mol. The van der Waals surface area contributed by atoms with Crippen molar-refractivity contribution in [2.45, 2.75) is 32.7 Å². The summed E-state index contributed by atoms with van der Waals surface area (Å²) < 4.78 is 0. The number of aryl methyl sites for hydroxylation is 2. The maximum Gasteiger partial charge on any atom is 0.0431 e. The summed E-state index contributed by atoms with van der Waals surface area (Å²) >= 11 is 0. The lowest BCUT2D eigenvalue weighted by atomic mass is 9.96. The van der Waals surface area contributed by atoms with Crippen molar-refractivity contribution in [1.29, 1.82) is 0 Å². The molecule has 0 aliphatic rings. The minimum atomic E-state index is 0.267. The van der Waals surface area contributed by atoms with Crippen LogP contribution in [0.4, 0.5) is 0 Å². The van der Waals surface area contributed by atoms with E-state index < -0.39 is 0 Å². The van der Waals surface area contributed by atoms with Gasteiger partial charge in [0.25, 0.3) is 0 Å². The zero-order valence-electron chi connectivity index (χ0n) is 9.88. The minimum Gasteiger partial charge on any atom is -0.396 e. The van der Waals surface area contributed by atoms with Gasteiger partial charge in [-0.25, -0.2) is 0 Å². The van der Waals surface area contributed by atoms with Gasteiger partial charge >= 0.3 is 0 Å². The second-order valence-electron chi connectivity index (χ2n) is 4.07. The van der Waals surface area contributed by atoms with Crippen LogP contribution in [-0.4, -0.2) is 18.8 Å². The van der Waals surface area contributed by atoms with Gasteiger partial charge in [0.2, 0.25) is 0 Å². The fourth-order valence-electron chi connectivity index (χ4n) is 1.89. The van der Waals surface area contributed by atoms with Gasteiger partial charge in [0.1, 0.15) is 0 Å². The van der Waals surface area contributed by atoms with Crippen LogP contribution in [0.3, 0.4) is 0 Å². The average Bonchev–Trinajstić information content (AvgIpc) is 2.24. The zero-order chi connectivity index (χ0) is 11.3. The van der Waals surface area contributed by atoms with Crippen molar-refractivity contribution in [2.75, 3.05) is 13.7 Å². The maximum absolute atomic E-state index is 8.85. The van der Waals surface area contributed by atoms with Gasteiger partial charge in [-0.05, 0) is 44.9 Å². The highest BCUT2D eigenvalue weighted by Gasteiger charge is 2.11. The highest BCUT2D eigenvalue weighted by Crippen LogP contribution is 2.22. The molecule has 15 heavy (non-hydrogen) atoms. The molecule has 0 aliphatic heterocycles. The lowest BCUT2D eigenvalue weighted by Crippen LogP contribution is -2.18. The Morgan fingerprint density at radius 2 is 2.07 bits per heavy atom. The molecule has 2 heteroatoms. The molecule has 0 bridgehead atoms. The van der Waals surface area contributed by atoms with Crippen LogP contribution in [0.5, 0.6) is 0 Å². The van der Waals surface area contributed by atoms with Crippen molar-refractivity contribution < 1.29 is 5.11 Å².